The highest BCUT2D eigenvalue weighted by molar-refractivity contribution is 5.92. The zero-order valence-corrected chi connectivity index (χ0v) is 14.4. The predicted molar refractivity (Wildman–Crippen MR) is 92.0 cm³/mol. The van der Waals surface area contributed by atoms with Crippen molar-refractivity contribution in [2.45, 2.75) is 25.1 Å². The molecule has 2 saturated heterocycles. The van der Waals surface area contributed by atoms with E-state index in [1.807, 2.05) is 11.0 Å². The number of nitrogens with one attached hydrogen (secondary N) is 1. The molecule has 2 N–H and O–H groups in total. The van der Waals surface area contributed by atoms with Crippen LogP contribution in [0.1, 0.15) is 22.3 Å². The van der Waals surface area contributed by atoms with Gasteiger partial charge in [-0.15, -0.1) is 0 Å². The summed E-state index contributed by atoms with van der Waals surface area (Å²) in [7, 11) is 0. The summed E-state index contributed by atoms with van der Waals surface area (Å²) in [5, 5.41) is 8.63. The number of hydroxylamine groups is 1. The van der Waals surface area contributed by atoms with Gasteiger partial charge in [-0.2, -0.15) is 0 Å². The molecule has 0 aliphatic carbocycles. The van der Waals surface area contributed by atoms with E-state index in [0.717, 1.165) is 12.0 Å². The fourth-order valence-corrected chi connectivity index (χ4v) is 3.50. The summed E-state index contributed by atoms with van der Waals surface area (Å²) in [6, 6.07) is 3.81. The smallest absolute Gasteiger partial charge is 0.410 e. The van der Waals surface area contributed by atoms with E-state index in [9.17, 15) is 9.59 Å². The Bertz CT molecular complexity index is 831. The van der Waals surface area contributed by atoms with E-state index in [2.05, 4.69) is 15.0 Å². The molecule has 2 amide bonds. The van der Waals surface area contributed by atoms with Crippen LogP contribution in [0, 0.1) is 0 Å². The van der Waals surface area contributed by atoms with Gasteiger partial charge in [0.1, 0.15) is 6.61 Å². The highest BCUT2D eigenvalue weighted by atomic mass is 16.6. The molecule has 2 aromatic rings. The molecule has 0 radical (unpaired) electrons. The van der Waals surface area contributed by atoms with Crippen LogP contribution in [0.15, 0.2) is 36.9 Å². The molecule has 27 heavy (non-hydrogen) atoms. The molecule has 4 rings (SSSR count). The molecule has 10 nitrogen and oxygen atoms in total. The van der Waals surface area contributed by atoms with Crippen molar-refractivity contribution in [1.29, 1.82) is 0 Å². The van der Waals surface area contributed by atoms with Crippen LogP contribution < -0.4 is 10.4 Å². The SMILES string of the molecule is O=C(NO)c1cnc(N2C[C@H]3C[C@@H]2CN3C(=O)OCc2cccnc2)nc1. The number of amides is 2. The third kappa shape index (κ3) is 3.38. The summed E-state index contributed by atoms with van der Waals surface area (Å²) in [5.74, 6) is -0.160. The van der Waals surface area contributed by atoms with Crippen LogP contribution in [-0.2, 0) is 11.3 Å². The second-order valence-corrected chi connectivity index (χ2v) is 6.48. The zero-order valence-electron chi connectivity index (χ0n) is 14.4. The first-order chi connectivity index (χ1) is 13.2. The molecule has 4 heterocycles. The Balaban J connectivity index is 1.35. The lowest BCUT2D eigenvalue weighted by atomic mass is 10.2. The Labute approximate surface area is 154 Å². The second kappa shape index (κ2) is 7.16. The minimum absolute atomic E-state index is 0.0421. The highest BCUT2D eigenvalue weighted by Gasteiger charge is 2.46. The molecule has 10 heteroatoms. The van der Waals surface area contributed by atoms with Crippen LogP contribution >= 0.6 is 0 Å². The largest absolute Gasteiger partial charge is 0.444 e. The van der Waals surface area contributed by atoms with Gasteiger partial charge in [-0.1, -0.05) is 6.07 Å². The number of pyridine rings is 1. The zero-order chi connectivity index (χ0) is 18.8. The Morgan fingerprint density at radius 1 is 1.22 bits per heavy atom. The van der Waals surface area contributed by atoms with Crippen molar-refractivity contribution in [1.82, 2.24) is 25.3 Å². The van der Waals surface area contributed by atoms with E-state index < -0.39 is 5.91 Å². The number of anilines is 1. The average molecular weight is 370 g/mol. The minimum atomic E-state index is -0.660. The van der Waals surface area contributed by atoms with Gasteiger partial charge in [0.15, 0.2) is 0 Å². The van der Waals surface area contributed by atoms with E-state index in [1.54, 1.807) is 28.8 Å². The first kappa shape index (κ1) is 17.2. The fourth-order valence-electron chi connectivity index (χ4n) is 3.50. The number of rotatable bonds is 4. The molecule has 2 aliphatic rings. The van der Waals surface area contributed by atoms with Crippen molar-refractivity contribution < 1.29 is 19.5 Å². The monoisotopic (exact) mass is 370 g/mol. The van der Waals surface area contributed by atoms with E-state index in [1.165, 1.54) is 12.4 Å². The first-order valence-corrected chi connectivity index (χ1v) is 8.51. The van der Waals surface area contributed by atoms with E-state index in [-0.39, 0.29) is 30.3 Å². The van der Waals surface area contributed by atoms with Gasteiger partial charge >= 0.3 is 6.09 Å². The number of nitrogens with zero attached hydrogens (tertiary/aromatic N) is 5. The number of fused-ring (bicyclic) bond motifs is 2. The van der Waals surface area contributed by atoms with Crippen LogP contribution in [-0.4, -0.2) is 62.2 Å². The first-order valence-electron chi connectivity index (χ1n) is 8.51. The maximum atomic E-state index is 12.4. The number of aromatic nitrogens is 3. The van der Waals surface area contributed by atoms with Crippen molar-refractivity contribution in [2.24, 2.45) is 0 Å². The Morgan fingerprint density at radius 2 is 2.04 bits per heavy atom. The van der Waals surface area contributed by atoms with Crippen molar-refractivity contribution in [3.8, 4) is 0 Å². The molecular formula is C17H18N6O4. The predicted octanol–water partition coefficient (Wildman–Crippen LogP) is 0.590. The molecule has 0 spiro atoms. The topological polar surface area (TPSA) is 121 Å². The van der Waals surface area contributed by atoms with E-state index >= 15 is 0 Å². The molecule has 2 aliphatic heterocycles. The van der Waals surface area contributed by atoms with Gasteiger partial charge in [0.2, 0.25) is 5.95 Å². The van der Waals surface area contributed by atoms with Crippen LogP contribution in [0.4, 0.5) is 10.7 Å². The molecule has 2 aromatic heterocycles. The van der Waals surface area contributed by atoms with Gasteiger partial charge in [0.25, 0.3) is 5.91 Å². The number of hydrogen-bond donors (Lipinski definition) is 2. The summed E-state index contributed by atoms with van der Waals surface area (Å²) in [6.45, 7) is 1.35. The Hall–Kier alpha value is -3.27. The molecule has 2 fully saturated rings. The lowest BCUT2D eigenvalue weighted by Gasteiger charge is -2.33. The normalized spacial score (nSPS) is 20.6. The van der Waals surface area contributed by atoms with Crippen molar-refractivity contribution in [3.05, 3.63) is 48.0 Å². The van der Waals surface area contributed by atoms with E-state index in [0.29, 0.717) is 19.0 Å². The van der Waals surface area contributed by atoms with Gasteiger partial charge in [-0.3, -0.25) is 15.0 Å². The average Bonchev–Trinajstić information content (AvgIpc) is 3.33. The molecule has 0 unspecified atom stereocenters. The lowest BCUT2D eigenvalue weighted by Crippen LogP contribution is -2.49. The molecule has 140 valence electrons. The summed E-state index contributed by atoms with van der Waals surface area (Å²) in [6.07, 6.45) is 6.55. The van der Waals surface area contributed by atoms with Gasteiger partial charge in [-0.05, 0) is 12.5 Å². The van der Waals surface area contributed by atoms with E-state index in [4.69, 9.17) is 9.94 Å². The number of carbonyl (C=O) groups is 2. The van der Waals surface area contributed by atoms with Crippen LogP contribution in [0.5, 0.6) is 0 Å². The van der Waals surface area contributed by atoms with Crippen LogP contribution in [0.3, 0.4) is 0 Å². The van der Waals surface area contributed by atoms with Crippen LogP contribution in [0.2, 0.25) is 0 Å². The van der Waals surface area contributed by atoms with Gasteiger partial charge in [0.05, 0.1) is 17.6 Å². The van der Waals surface area contributed by atoms with Gasteiger partial charge in [-0.25, -0.2) is 20.2 Å². The number of ether oxygens (including phenoxy) is 1. The molecule has 0 aromatic carbocycles. The Morgan fingerprint density at radius 3 is 2.67 bits per heavy atom. The highest BCUT2D eigenvalue weighted by Crippen LogP contribution is 2.33. The summed E-state index contributed by atoms with van der Waals surface area (Å²) < 4.78 is 5.39. The molecule has 2 bridgehead atoms. The summed E-state index contributed by atoms with van der Waals surface area (Å²) >= 11 is 0. The fraction of sp³-hybridized carbons (Fsp3) is 0.353. The second-order valence-electron chi connectivity index (χ2n) is 6.48. The van der Waals surface area contributed by atoms with Gasteiger partial charge < -0.3 is 14.5 Å². The van der Waals surface area contributed by atoms with Crippen molar-refractivity contribution >= 4 is 17.9 Å². The van der Waals surface area contributed by atoms with Crippen molar-refractivity contribution in [2.75, 3.05) is 18.0 Å². The quantitative estimate of drug-likeness (QED) is 0.593. The molecular weight excluding hydrogens is 352 g/mol. The number of piperazine rings is 1. The maximum absolute atomic E-state index is 12.4. The minimum Gasteiger partial charge on any atom is -0.444 e. The summed E-state index contributed by atoms with van der Waals surface area (Å²) in [4.78, 5) is 39.9. The Kier molecular flexibility index (Phi) is 4.55. The lowest BCUT2D eigenvalue weighted by molar-refractivity contribution is 0.0705. The number of likely N-dealkylation sites (tertiary alicyclic amines) is 1. The van der Waals surface area contributed by atoms with Crippen molar-refractivity contribution in [3.63, 3.8) is 0 Å². The number of carbonyl (C=O) groups excluding carboxylic acids is 2. The summed E-state index contributed by atoms with van der Waals surface area (Å²) in [5.41, 5.74) is 2.56. The van der Waals surface area contributed by atoms with Crippen LogP contribution in [0.25, 0.3) is 0 Å². The third-order valence-corrected chi connectivity index (χ3v) is 4.82. The third-order valence-electron chi connectivity index (χ3n) is 4.82. The number of hydrogen-bond acceptors (Lipinski definition) is 8. The maximum Gasteiger partial charge on any atom is 0.410 e. The molecule has 2 atom stereocenters. The molecule has 0 saturated carbocycles. The standard InChI is InChI=1S/C17H18N6O4/c24-15(21-26)12-6-19-16(20-7-12)22-8-14-4-13(22)9-23(14)17(25)27-10-11-2-1-3-18-5-11/h1-3,5-7,13-14,26H,4,8-10H2,(H,21,24)/t13-,14-/m1/s1. The van der Waals surface area contributed by atoms with Gasteiger partial charge in [0, 0.05) is 43.4 Å².